The second kappa shape index (κ2) is 16.7. The highest BCUT2D eigenvalue weighted by molar-refractivity contribution is 5.95. The minimum absolute atomic E-state index is 0.00232. The molecule has 4 aliphatic rings. The Morgan fingerprint density at radius 3 is 2.15 bits per heavy atom. The molecule has 15 heteroatoms. The quantitative estimate of drug-likeness (QED) is 0.110. The molecule has 1 heterocycles. The largest absolute Gasteiger partial charge is 0.456 e. The van der Waals surface area contributed by atoms with Gasteiger partial charge < -0.3 is 44.3 Å². The molecule has 0 aromatic heterocycles. The molecule has 1 amide bonds. The molecule has 0 radical (unpaired) electrons. The molecule has 2 bridgehead atoms. The van der Waals surface area contributed by atoms with Crippen LogP contribution in [0, 0.1) is 16.7 Å². The molecular weight excluding hydrogens is 778 g/mol. The number of allylic oxidation sites excluding steroid dienone is 1. The molecule has 322 valence electrons. The second-order valence-electron chi connectivity index (χ2n) is 16.8. The van der Waals surface area contributed by atoms with Crippen LogP contribution in [-0.2, 0) is 47.7 Å². The number of Topliss-reactive ketones (excluding diaryl/α,β-unsaturated/α-hetero) is 1. The van der Waals surface area contributed by atoms with E-state index in [1.165, 1.54) is 32.1 Å². The topological polar surface area (TPSA) is 221 Å². The molecule has 0 spiro atoms. The van der Waals surface area contributed by atoms with Gasteiger partial charge in [0.1, 0.15) is 23.9 Å². The van der Waals surface area contributed by atoms with Gasteiger partial charge in [0.2, 0.25) is 5.91 Å². The fourth-order valence-corrected chi connectivity index (χ4v) is 9.79. The summed E-state index contributed by atoms with van der Waals surface area (Å²) >= 11 is 0. The number of benzene rings is 2. The number of amides is 1. The van der Waals surface area contributed by atoms with Gasteiger partial charge in [-0.05, 0) is 55.2 Å². The molecule has 6 rings (SSSR count). The van der Waals surface area contributed by atoms with Crippen LogP contribution in [0.2, 0.25) is 0 Å². The van der Waals surface area contributed by atoms with Crippen LogP contribution >= 0.6 is 0 Å². The lowest BCUT2D eigenvalue weighted by Gasteiger charge is -2.67. The van der Waals surface area contributed by atoms with Crippen molar-refractivity contribution in [1.82, 2.24) is 5.32 Å². The van der Waals surface area contributed by atoms with Crippen molar-refractivity contribution in [2.75, 3.05) is 6.61 Å². The van der Waals surface area contributed by atoms with Gasteiger partial charge in [-0.2, -0.15) is 0 Å². The van der Waals surface area contributed by atoms with Crippen LogP contribution in [0.15, 0.2) is 84.0 Å². The maximum Gasteiger partial charge on any atom is 0.338 e. The van der Waals surface area contributed by atoms with Gasteiger partial charge in [-0.3, -0.25) is 19.2 Å². The number of esters is 4. The molecule has 3 fully saturated rings. The second-order valence-corrected chi connectivity index (χ2v) is 16.8. The third-order valence-corrected chi connectivity index (χ3v) is 13.0. The van der Waals surface area contributed by atoms with E-state index in [4.69, 9.17) is 23.7 Å². The number of hydrogen-bond donors (Lipinski definition) is 4. The molecule has 3 aliphatic carbocycles. The summed E-state index contributed by atoms with van der Waals surface area (Å²) in [5.41, 5.74) is -7.21. The van der Waals surface area contributed by atoms with E-state index in [1.54, 1.807) is 68.5 Å². The smallest absolute Gasteiger partial charge is 0.338 e. The first-order valence-corrected chi connectivity index (χ1v) is 20.0. The summed E-state index contributed by atoms with van der Waals surface area (Å²) in [5.74, 6) is -6.80. The van der Waals surface area contributed by atoms with Crippen LogP contribution in [0.25, 0.3) is 0 Å². The summed E-state index contributed by atoms with van der Waals surface area (Å²) in [7, 11) is 0. The SMILES string of the molecule is CC/C=C/C(=O)N[C@@H](c1ccccc1)[C@@H](O)C(=O)O[C@H]1C[C@@]2(O)C(OC(=O)c3ccccc3)C3[C@](C)(C(=O)[C@H](OC(C)=O)C(=C1C)C2(C)C)[C@@H](O)C[C@H]1OC[C@@]31OC(C)=O. The van der Waals surface area contributed by atoms with E-state index in [1.807, 2.05) is 6.92 Å². The third kappa shape index (κ3) is 7.45. The van der Waals surface area contributed by atoms with Crippen LogP contribution in [0.5, 0.6) is 0 Å². The number of fused-ring (bicyclic) bond motifs is 5. The van der Waals surface area contributed by atoms with Crippen molar-refractivity contribution in [3.63, 3.8) is 0 Å². The van der Waals surface area contributed by atoms with E-state index < -0.39 is 113 Å². The van der Waals surface area contributed by atoms with Crippen molar-refractivity contribution >= 4 is 35.6 Å². The third-order valence-electron chi connectivity index (χ3n) is 13.0. The van der Waals surface area contributed by atoms with E-state index in [2.05, 4.69) is 5.32 Å². The van der Waals surface area contributed by atoms with Gasteiger partial charge in [0.05, 0.1) is 35.6 Å². The molecule has 60 heavy (non-hydrogen) atoms. The molecule has 2 aromatic carbocycles. The number of carbonyl (C=O) groups excluding carboxylic acids is 6. The Hall–Kier alpha value is -5.22. The summed E-state index contributed by atoms with van der Waals surface area (Å²) < 4.78 is 30.2. The van der Waals surface area contributed by atoms with E-state index in [9.17, 15) is 39.3 Å². The van der Waals surface area contributed by atoms with E-state index in [-0.39, 0.29) is 29.7 Å². The van der Waals surface area contributed by atoms with Crippen molar-refractivity contribution < 1.29 is 67.8 Å². The summed E-state index contributed by atoms with van der Waals surface area (Å²) in [6, 6.07) is 14.8. The summed E-state index contributed by atoms with van der Waals surface area (Å²) in [5, 5.41) is 39.9. The Bertz CT molecular complexity index is 2080. The lowest BCUT2D eigenvalue weighted by molar-refractivity contribution is -0.346. The molecule has 2 aromatic rings. The number of aliphatic hydroxyl groups is 3. The van der Waals surface area contributed by atoms with Gasteiger partial charge in [-0.15, -0.1) is 0 Å². The molecule has 1 saturated heterocycles. The predicted octanol–water partition coefficient (Wildman–Crippen LogP) is 3.39. The zero-order valence-corrected chi connectivity index (χ0v) is 34.7. The van der Waals surface area contributed by atoms with Gasteiger partial charge in [0, 0.05) is 32.1 Å². The number of rotatable bonds is 11. The van der Waals surface area contributed by atoms with Crippen molar-refractivity contribution in [2.45, 2.75) is 122 Å². The summed E-state index contributed by atoms with van der Waals surface area (Å²) in [4.78, 5) is 82.6. The molecule has 4 N–H and O–H groups in total. The van der Waals surface area contributed by atoms with Gasteiger partial charge in [-0.25, -0.2) is 9.59 Å². The Balaban J connectivity index is 1.55. The first kappa shape index (κ1) is 44.3. The first-order chi connectivity index (χ1) is 28.2. The van der Waals surface area contributed by atoms with Gasteiger partial charge in [0.25, 0.3) is 0 Å². The van der Waals surface area contributed by atoms with Crippen LogP contribution in [0.3, 0.4) is 0 Å². The Morgan fingerprint density at radius 2 is 1.58 bits per heavy atom. The zero-order valence-electron chi connectivity index (χ0n) is 34.7. The molecular formula is C45H53NO14. The number of aliphatic hydroxyl groups excluding tert-OH is 2. The molecule has 2 saturated carbocycles. The fraction of sp³-hybridized carbons (Fsp3) is 0.511. The Kier molecular flexibility index (Phi) is 12.3. The fourth-order valence-electron chi connectivity index (χ4n) is 9.79. The summed E-state index contributed by atoms with van der Waals surface area (Å²) in [6.07, 6.45) is -7.00. The molecule has 15 nitrogen and oxygen atoms in total. The lowest BCUT2D eigenvalue weighted by atomic mass is 9.44. The normalized spacial score (nSPS) is 32.7. The van der Waals surface area contributed by atoms with Crippen molar-refractivity contribution in [3.05, 3.63) is 95.1 Å². The highest BCUT2D eigenvalue weighted by Crippen LogP contribution is 2.64. The minimum Gasteiger partial charge on any atom is -0.456 e. The van der Waals surface area contributed by atoms with Crippen molar-refractivity contribution in [1.29, 1.82) is 0 Å². The molecule has 1 aliphatic heterocycles. The maximum atomic E-state index is 15.4. The highest BCUT2D eigenvalue weighted by Gasteiger charge is 2.78. The first-order valence-electron chi connectivity index (χ1n) is 20.0. The van der Waals surface area contributed by atoms with E-state index in [0.29, 0.717) is 12.0 Å². The van der Waals surface area contributed by atoms with Gasteiger partial charge in [0.15, 0.2) is 23.6 Å². The van der Waals surface area contributed by atoms with Gasteiger partial charge in [-0.1, -0.05) is 75.4 Å². The predicted molar refractivity (Wildman–Crippen MR) is 211 cm³/mol. The van der Waals surface area contributed by atoms with Crippen LogP contribution in [0.1, 0.15) is 89.7 Å². The van der Waals surface area contributed by atoms with Gasteiger partial charge >= 0.3 is 23.9 Å². The monoisotopic (exact) mass is 831 g/mol. The minimum atomic E-state index is -2.38. The number of ketones is 1. The van der Waals surface area contributed by atoms with Crippen molar-refractivity contribution in [3.8, 4) is 0 Å². The summed E-state index contributed by atoms with van der Waals surface area (Å²) in [6.45, 7) is 9.81. The van der Waals surface area contributed by atoms with Crippen LogP contribution in [-0.4, -0.2) is 105 Å². The highest BCUT2D eigenvalue weighted by atomic mass is 16.6. The molecule has 11 atom stereocenters. The van der Waals surface area contributed by atoms with Crippen LogP contribution < -0.4 is 5.32 Å². The van der Waals surface area contributed by atoms with E-state index in [0.717, 1.165) is 13.8 Å². The standard InChI is InChI=1S/C45H53NO14/c1-8-9-20-32(50)46-34(27-16-12-10-13-17-27)35(51)41(54)58-29-22-45(55)39(59-40(53)28-18-14-11-15-19-28)37-43(7,30(49)21-31-44(37,23-56-31)60-26(4)48)38(52)36(57-25(3)47)33(24(29)2)42(45,5)6/h9-20,29-31,34-37,39,49,51,55H,8,21-23H2,1-7H3,(H,46,50)/b20-9+/t29-,30-,31+,34-,35+,36+,37?,39?,43+,44-,45+/m0/s1. The number of nitrogens with one attached hydrogen (secondary N) is 1. The molecule has 2 unspecified atom stereocenters. The van der Waals surface area contributed by atoms with E-state index >= 15 is 4.79 Å². The Morgan fingerprint density at radius 1 is 0.950 bits per heavy atom. The van der Waals surface area contributed by atoms with Crippen LogP contribution in [0.4, 0.5) is 0 Å². The average Bonchev–Trinajstić information content (AvgIpc) is 3.20. The van der Waals surface area contributed by atoms with Crippen molar-refractivity contribution in [2.24, 2.45) is 16.7 Å². The maximum absolute atomic E-state index is 15.4. The Labute approximate surface area is 348 Å². The number of ether oxygens (including phenoxy) is 5. The number of hydrogen-bond acceptors (Lipinski definition) is 14. The number of carbonyl (C=O) groups is 6. The lowest BCUT2D eigenvalue weighted by Crippen LogP contribution is -2.82. The average molecular weight is 832 g/mol. The zero-order chi connectivity index (χ0) is 43.9.